The molecule has 0 spiro atoms. The Kier molecular flexibility index (Phi) is 4.67. The van der Waals surface area contributed by atoms with Gasteiger partial charge in [-0.25, -0.2) is 0 Å². The average molecular weight is 302 g/mol. The van der Waals surface area contributed by atoms with E-state index in [-0.39, 0.29) is 23.6 Å². The first kappa shape index (κ1) is 15.4. The second-order valence-corrected chi connectivity index (χ2v) is 4.78. The number of hydrogen-bond acceptors (Lipinski definition) is 4. The third-order valence-electron chi connectivity index (χ3n) is 3.23. The molecule has 0 fully saturated rings. The van der Waals surface area contributed by atoms with Crippen molar-refractivity contribution in [1.82, 2.24) is 21.0 Å². The Labute approximate surface area is 127 Å². The smallest absolute Gasteiger partial charge is 0.267 e. The number of aromatic nitrogens is 2. The van der Waals surface area contributed by atoms with Crippen molar-refractivity contribution in [2.24, 2.45) is 0 Å². The molecule has 0 aliphatic rings. The quantitative estimate of drug-likeness (QED) is 0.529. The number of amides is 1. The summed E-state index contributed by atoms with van der Waals surface area (Å²) in [6, 6.07) is 6.58. The molecule has 0 atom stereocenters. The lowest BCUT2D eigenvalue weighted by molar-refractivity contribution is -0.121. The number of hydrogen-bond donors (Lipinski definition) is 5. The molecule has 7 nitrogen and oxygen atoms in total. The number of benzene rings is 1. The molecule has 1 heterocycles. The number of hydrazine groups is 1. The van der Waals surface area contributed by atoms with Crippen LogP contribution in [0.15, 0.2) is 35.1 Å². The van der Waals surface area contributed by atoms with Crippen LogP contribution in [-0.4, -0.2) is 21.2 Å². The van der Waals surface area contributed by atoms with Crippen molar-refractivity contribution < 1.29 is 9.90 Å². The number of H-pyrrole nitrogens is 2. The molecule has 1 aromatic carbocycles. The summed E-state index contributed by atoms with van der Waals surface area (Å²) in [5, 5.41) is 14.4. The standard InChI is InChI=1S/C15H18N4O3/c1-3-13(10-4-6-11(20)7-5-10)17-18-14(21)8-12-9(2)16-19-15(12)22/h3-7,17,20H,8H2,1-2H3,(H,18,21)(H2,16,19,22). The second-order valence-electron chi connectivity index (χ2n) is 4.78. The first-order valence-electron chi connectivity index (χ1n) is 6.78. The van der Waals surface area contributed by atoms with E-state index in [0.29, 0.717) is 17.0 Å². The maximum absolute atomic E-state index is 11.9. The molecule has 0 aliphatic carbocycles. The molecular formula is C15H18N4O3. The first-order valence-corrected chi connectivity index (χ1v) is 6.78. The summed E-state index contributed by atoms with van der Waals surface area (Å²) in [6.07, 6.45) is 1.77. The van der Waals surface area contributed by atoms with Crippen LogP contribution in [0.2, 0.25) is 0 Å². The Balaban J connectivity index is 1.98. The second kappa shape index (κ2) is 6.66. The van der Waals surface area contributed by atoms with Crippen molar-refractivity contribution in [2.45, 2.75) is 20.3 Å². The van der Waals surface area contributed by atoms with Crippen LogP contribution >= 0.6 is 0 Å². The topological polar surface area (TPSA) is 110 Å². The lowest BCUT2D eigenvalue weighted by Gasteiger charge is -2.12. The summed E-state index contributed by atoms with van der Waals surface area (Å²) < 4.78 is 0. The summed E-state index contributed by atoms with van der Waals surface area (Å²) in [4.78, 5) is 23.4. The van der Waals surface area contributed by atoms with Gasteiger partial charge in [-0.05, 0) is 43.7 Å². The van der Waals surface area contributed by atoms with Gasteiger partial charge in [0.15, 0.2) is 0 Å². The van der Waals surface area contributed by atoms with E-state index < -0.39 is 0 Å². The Hall–Kier alpha value is -2.96. The SMILES string of the molecule is CC=C(NNC(=O)Cc1c(C)[nH][nH]c1=O)c1ccc(O)cc1. The zero-order chi connectivity index (χ0) is 16.1. The molecule has 2 aromatic rings. The van der Waals surface area contributed by atoms with Gasteiger partial charge < -0.3 is 10.2 Å². The summed E-state index contributed by atoms with van der Waals surface area (Å²) in [7, 11) is 0. The minimum atomic E-state index is -0.327. The summed E-state index contributed by atoms with van der Waals surface area (Å²) >= 11 is 0. The van der Waals surface area contributed by atoms with Gasteiger partial charge in [-0.1, -0.05) is 6.08 Å². The molecular weight excluding hydrogens is 284 g/mol. The number of aromatic amines is 2. The molecule has 0 saturated carbocycles. The third-order valence-corrected chi connectivity index (χ3v) is 3.23. The Morgan fingerprint density at radius 1 is 1.23 bits per heavy atom. The molecule has 1 aromatic heterocycles. The minimum absolute atomic E-state index is 0.0236. The van der Waals surface area contributed by atoms with Crippen LogP contribution in [0.5, 0.6) is 5.75 Å². The number of phenols is 1. The molecule has 1 amide bonds. The van der Waals surface area contributed by atoms with Crippen LogP contribution in [0.1, 0.15) is 23.7 Å². The van der Waals surface area contributed by atoms with E-state index in [0.717, 1.165) is 5.56 Å². The number of phenolic OH excluding ortho intramolecular Hbond substituents is 1. The highest BCUT2D eigenvalue weighted by molar-refractivity contribution is 5.79. The van der Waals surface area contributed by atoms with Crippen molar-refractivity contribution in [1.29, 1.82) is 0 Å². The van der Waals surface area contributed by atoms with E-state index in [2.05, 4.69) is 21.0 Å². The Bertz CT molecular complexity index is 741. The number of nitrogens with one attached hydrogen (secondary N) is 4. The molecule has 7 heteroatoms. The monoisotopic (exact) mass is 302 g/mol. The van der Waals surface area contributed by atoms with Crippen LogP contribution in [-0.2, 0) is 11.2 Å². The van der Waals surface area contributed by atoms with Gasteiger partial charge in [0, 0.05) is 11.3 Å². The van der Waals surface area contributed by atoms with E-state index in [9.17, 15) is 14.7 Å². The van der Waals surface area contributed by atoms with Gasteiger partial charge >= 0.3 is 0 Å². The molecule has 22 heavy (non-hydrogen) atoms. The van der Waals surface area contributed by atoms with Crippen LogP contribution in [0.25, 0.3) is 5.70 Å². The highest BCUT2D eigenvalue weighted by Crippen LogP contribution is 2.15. The van der Waals surface area contributed by atoms with Crippen LogP contribution < -0.4 is 16.4 Å². The average Bonchev–Trinajstić information content (AvgIpc) is 2.81. The molecule has 0 bridgehead atoms. The lowest BCUT2D eigenvalue weighted by Crippen LogP contribution is -2.37. The molecule has 0 radical (unpaired) electrons. The predicted octanol–water partition coefficient (Wildman–Crippen LogP) is 0.941. The zero-order valence-corrected chi connectivity index (χ0v) is 12.4. The maximum atomic E-state index is 11.9. The van der Waals surface area contributed by atoms with Crippen molar-refractivity contribution in [3.8, 4) is 5.75 Å². The number of aromatic hydroxyl groups is 1. The van der Waals surface area contributed by atoms with E-state index in [1.807, 2.05) is 6.92 Å². The highest BCUT2D eigenvalue weighted by atomic mass is 16.3. The normalized spacial score (nSPS) is 11.3. The molecule has 0 aliphatic heterocycles. The number of carbonyl (C=O) groups excluding carboxylic acids is 1. The zero-order valence-electron chi connectivity index (χ0n) is 12.4. The van der Waals surface area contributed by atoms with Gasteiger partial charge in [0.1, 0.15) is 5.75 Å². The number of aryl methyl sites for hydroxylation is 1. The third kappa shape index (κ3) is 3.57. The van der Waals surface area contributed by atoms with E-state index >= 15 is 0 Å². The van der Waals surface area contributed by atoms with Crippen molar-refractivity contribution >= 4 is 11.6 Å². The van der Waals surface area contributed by atoms with E-state index in [4.69, 9.17) is 0 Å². The van der Waals surface area contributed by atoms with Gasteiger partial charge in [0.05, 0.1) is 12.1 Å². The largest absolute Gasteiger partial charge is 0.508 e. The van der Waals surface area contributed by atoms with Gasteiger partial charge in [-0.2, -0.15) is 0 Å². The molecule has 0 unspecified atom stereocenters. The van der Waals surface area contributed by atoms with Gasteiger partial charge in [0.25, 0.3) is 5.56 Å². The summed E-state index contributed by atoms with van der Waals surface area (Å²) in [5.41, 5.74) is 7.63. The van der Waals surface area contributed by atoms with Crippen LogP contribution in [0, 0.1) is 6.92 Å². The fourth-order valence-electron chi connectivity index (χ4n) is 1.98. The van der Waals surface area contributed by atoms with Gasteiger partial charge in [-0.3, -0.25) is 25.5 Å². The number of carbonyl (C=O) groups is 1. The molecule has 116 valence electrons. The fourth-order valence-corrected chi connectivity index (χ4v) is 1.98. The van der Waals surface area contributed by atoms with E-state index in [1.165, 1.54) is 0 Å². The number of rotatable bonds is 5. The Morgan fingerprint density at radius 3 is 2.45 bits per heavy atom. The van der Waals surface area contributed by atoms with Crippen LogP contribution in [0.4, 0.5) is 0 Å². The fraction of sp³-hybridized carbons (Fsp3) is 0.200. The first-order chi connectivity index (χ1) is 10.5. The summed E-state index contributed by atoms with van der Waals surface area (Å²) in [6.45, 7) is 3.55. The number of allylic oxidation sites excluding steroid dienone is 1. The molecule has 5 N–H and O–H groups in total. The molecule has 2 rings (SSSR count). The predicted molar refractivity (Wildman–Crippen MR) is 82.9 cm³/mol. The van der Waals surface area contributed by atoms with Crippen molar-refractivity contribution in [2.75, 3.05) is 0 Å². The van der Waals surface area contributed by atoms with E-state index in [1.54, 1.807) is 37.3 Å². The highest BCUT2D eigenvalue weighted by Gasteiger charge is 2.11. The Morgan fingerprint density at radius 2 is 1.91 bits per heavy atom. The minimum Gasteiger partial charge on any atom is -0.508 e. The molecule has 0 saturated heterocycles. The van der Waals surface area contributed by atoms with Gasteiger partial charge in [-0.15, -0.1) is 0 Å². The lowest BCUT2D eigenvalue weighted by atomic mass is 10.1. The maximum Gasteiger partial charge on any atom is 0.267 e. The van der Waals surface area contributed by atoms with Gasteiger partial charge in [0.2, 0.25) is 5.91 Å². The summed E-state index contributed by atoms with van der Waals surface area (Å²) in [5.74, 6) is -0.156. The van der Waals surface area contributed by atoms with Crippen molar-refractivity contribution in [3.63, 3.8) is 0 Å². The van der Waals surface area contributed by atoms with Crippen molar-refractivity contribution in [3.05, 3.63) is 57.5 Å². The van der Waals surface area contributed by atoms with Crippen LogP contribution in [0.3, 0.4) is 0 Å².